The monoisotopic (exact) mass is 304 g/mol. The molecule has 5 heteroatoms. The summed E-state index contributed by atoms with van der Waals surface area (Å²) < 4.78 is 10.5. The average Bonchev–Trinajstić information content (AvgIpc) is 2.95. The van der Waals surface area contributed by atoms with Crippen molar-refractivity contribution in [3.05, 3.63) is 29.8 Å². The largest absolute Gasteiger partial charge is 0.497 e. The van der Waals surface area contributed by atoms with E-state index in [0.717, 1.165) is 37.4 Å². The van der Waals surface area contributed by atoms with Crippen molar-refractivity contribution in [2.75, 3.05) is 33.4 Å². The van der Waals surface area contributed by atoms with E-state index in [1.807, 2.05) is 29.2 Å². The number of ether oxygens (including phenoxy) is 2. The van der Waals surface area contributed by atoms with Crippen molar-refractivity contribution in [1.29, 1.82) is 0 Å². The van der Waals surface area contributed by atoms with Crippen LogP contribution in [0.15, 0.2) is 24.3 Å². The van der Waals surface area contributed by atoms with Gasteiger partial charge >= 0.3 is 6.09 Å². The van der Waals surface area contributed by atoms with Gasteiger partial charge in [-0.1, -0.05) is 12.1 Å². The molecule has 0 bridgehead atoms. The second-order valence-electron chi connectivity index (χ2n) is 6.04. The van der Waals surface area contributed by atoms with Gasteiger partial charge in [-0.15, -0.1) is 0 Å². The molecule has 2 saturated heterocycles. The molecule has 2 fully saturated rings. The lowest BCUT2D eigenvalue weighted by Crippen LogP contribution is -2.33. The smallest absolute Gasteiger partial charge is 0.410 e. The number of rotatable bonds is 5. The van der Waals surface area contributed by atoms with E-state index in [1.54, 1.807) is 7.11 Å². The zero-order chi connectivity index (χ0) is 15.4. The van der Waals surface area contributed by atoms with E-state index < -0.39 is 0 Å². The molecule has 1 unspecified atom stereocenters. The van der Waals surface area contributed by atoms with Gasteiger partial charge in [0, 0.05) is 6.54 Å². The predicted molar refractivity (Wildman–Crippen MR) is 84.0 cm³/mol. The van der Waals surface area contributed by atoms with Crippen molar-refractivity contribution in [2.24, 2.45) is 5.92 Å². The van der Waals surface area contributed by atoms with Crippen LogP contribution in [-0.4, -0.2) is 44.3 Å². The van der Waals surface area contributed by atoms with Crippen molar-refractivity contribution in [3.63, 3.8) is 0 Å². The fourth-order valence-corrected chi connectivity index (χ4v) is 3.29. The Hall–Kier alpha value is -1.75. The molecular weight excluding hydrogens is 280 g/mol. The van der Waals surface area contributed by atoms with E-state index >= 15 is 0 Å². The number of carbonyl (C=O) groups excluding carboxylic acids is 1. The van der Waals surface area contributed by atoms with Gasteiger partial charge in [0.25, 0.3) is 0 Å². The van der Waals surface area contributed by atoms with Crippen molar-refractivity contribution in [1.82, 2.24) is 10.2 Å². The molecule has 1 aromatic rings. The van der Waals surface area contributed by atoms with Crippen LogP contribution in [0, 0.1) is 5.92 Å². The van der Waals surface area contributed by atoms with Gasteiger partial charge in [-0.05, 0) is 56.0 Å². The van der Waals surface area contributed by atoms with Crippen LogP contribution in [0.4, 0.5) is 4.79 Å². The van der Waals surface area contributed by atoms with E-state index in [0.29, 0.717) is 12.5 Å². The highest BCUT2D eigenvalue weighted by molar-refractivity contribution is 5.70. The highest BCUT2D eigenvalue weighted by atomic mass is 16.6. The number of carbonyl (C=O) groups is 1. The molecule has 1 atom stereocenters. The summed E-state index contributed by atoms with van der Waals surface area (Å²) in [5.41, 5.74) is 1.11. The normalized spacial score (nSPS) is 22.7. The Morgan fingerprint density at radius 1 is 1.27 bits per heavy atom. The summed E-state index contributed by atoms with van der Waals surface area (Å²) in [6.07, 6.45) is 3.28. The first-order valence-corrected chi connectivity index (χ1v) is 8.06. The van der Waals surface area contributed by atoms with E-state index in [1.165, 1.54) is 12.8 Å². The highest BCUT2D eigenvalue weighted by Crippen LogP contribution is 2.30. The highest BCUT2D eigenvalue weighted by Gasteiger charge is 2.34. The summed E-state index contributed by atoms with van der Waals surface area (Å²) in [6.45, 7) is 3.41. The number of hydrogen-bond donors (Lipinski definition) is 1. The summed E-state index contributed by atoms with van der Waals surface area (Å²) in [5.74, 6) is 1.54. The SMILES string of the molecule is COc1ccc(C2COC(=O)N2CCC2CCNCC2)cc1. The molecule has 1 N–H and O–H groups in total. The lowest BCUT2D eigenvalue weighted by Gasteiger charge is -2.27. The van der Waals surface area contributed by atoms with E-state index in [9.17, 15) is 4.79 Å². The number of cyclic esters (lactones) is 1. The van der Waals surface area contributed by atoms with Gasteiger partial charge in [-0.2, -0.15) is 0 Å². The van der Waals surface area contributed by atoms with Gasteiger partial charge in [0.2, 0.25) is 0 Å². The predicted octanol–water partition coefficient (Wildman–Crippen LogP) is 2.58. The molecule has 0 aliphatic carbocycles. The molecule has 3 rings (SSSR count). The Kier molecular flexibility index (Phi) is 4.83. The number of methoxy groups -OCH3 is 1. The molecule has 0 spiro atoms. The Labute approximate surface area is 131 Å². The van der Waals surface area contributed by atoms with Gasteiger partial charge in [0.15, 0.2) is 0 Å². The molecule has 1 aromatic carbocycles. The fourth-order valence-electron chi connectivity index (χ4n) is 3.29. The van der Waals surface area contributed by atoms with Gasteiger partial charge in [-0.3, -0.25) is 4.90 Å². The first kappa shape index (κ1) is 15.2. The van der Waals surface area contributed by atoms with Crippen LogP contribution in [0.3, 0.4) is 0 Å². The third-order valence-corrected chi connectivity index (χ3v) is 4.71. The number of hydrogen-bond acceptors (Lipinski definition) is 4. The second kappa shape index (κ2) is 7.01. The minimum absolute atomic E-state index is 0.0279. The maximum Gasteiger partial charge on any atom is 0.410 e. The van der Waals surface area contributed by atoms with Crippen molar-refractivity contribution in [2.45, 2.75) is 25.3 Å². The Bertz CT molecular complexity index is 497. The Balaban J connectivity index is 1.63. The second-order valence-corrected chi connectivity index (χ2v) is 6.04. The van der Waals surface area contributed by atoms with Gasteiger partial charge in [0.1, 0.15) is 12.4 Å². The van der Waals surface area contributed by atoms with E-state index in [2.05, 4.69) is 5.32 Å². The van der Waals surface area contributed by atoms with Crippen LogP contribution >= 0.6 is 0 Å². The minimum Gasteiger partial charge on any atom is -0.497 e. The Morgan fingerprint density at radius 2 is 2.00 bits per heavy atom. The van der Waals surface area contributed by atoms with Crippen molar-refractivity contribution in [3.8, 4) is 5.75 Å². The molecular formula is C17H24N2O3. The Morgan fingerprint density at radius 3 is 2.68 bits per heavy atom. The van der Waals surface area contributed by atoms with E-state index in [-0.39, 0.29) is 12.1 Å². The van der Waals surface area contributed by atoms with Crippen LogP contribution in [-0.2, 0) is 4.74 Å². The van der Waals surface area contributed by atoms with Crippen LogP contribution in [0.2, 0.25) is 0 Å². The van der Waals surface area contributed by atoms with Gasteiger partial charge in [-0.25, -0.2) is 4.79 Å². The fraction of sp³-hybridized carbons (Fsp3) is 0.588. The van der Waals surface area contributed by atoms with Gasteiger partial charge < -0.3 is 14.8 Å². The molecule has 5 nitrogen and oxygen atoms in total. The van der Waals surface area contributed by atoms with Crippen LogP contribution in [0.5, 0.6) is 5.75 Å². The first-order chi connectivity index (χ1) is 10.8. The van der Waals surface area contributed by atoms with Crippen LogP contribution < -0.4 is 10.1 Å². The minimum atomic E-state index is -0.185. The lowest BCUT2D eigenvalue weighted by molar-refractivity contribution is 0.154. The summed E-state index contributed by atoms with van der Waals surface area (Å²) >= 11 is 0. The summed E-state index contributed by atoms with van der Waals surface area (Å²) in [7, 11) is 1.66. The maximum absolute atomic E-state index is 12.0. The molecule has 120 valence electrons. The molecule has 0 saturated carbocycles. The van der Waals surface area contributed by atoms with Crippen molar-refractivity contribution >= 4 is 6.09 Å². The number of piperidine rings is 1. The molecule has 0 aromatic heterocycles. The van der Waals surface area contributed by atoms with Gasteiger partial charge in [0.05, 0.1) is 13.2 Å². The summed E-state index contributed by atoms with van der Waals surface area (Å²) in [4.78, 5) is 13.9. The molecule has 22 heavy (non-hydrogen) atoms. The maximum atomic E-state index is 12.0. The first-order valence-electron chi connectivity index (χ1n) is 8.06. The van der Waals surface area contributed by atoms with Crippen LogP contribution in [0.1, 0.15) is 30.9 Å². The topological polar surface area (TPSA) is 50.8 Å². The number of amides is 1. The average molecular weight is 304 g/mol. The molecule has 2 heterocycles. The van der Waals surface area contributed by atoms with Crippen LogP contribution in [0.25, 0.3) is 0 Å². The van der Waals surface area contributed by atoms with E-state index in [4.69, 9.17) is 9.47 Å². The summed E-state index contributed by atoms with van der Waals surface area (Å²) in [5, 5.41) is 3.38. The standard InChI is InChI=1S/C17H24N2O3/c1-21-15-4-2-14(3-5-15)16-12-22-17(20)19(16)11-8-13-6-9-18-10-7-13/h2-5,13,16,18H,6-12H2,1H3. The van der Waals surface area contributed by atoms with Crippen molar-refractivity contribution < 1.29 is 14.3 Å². The number of nitrogens with zero attached hydrogens (tertiary/aromatic N) is 1. The summed E-state index contributed by atoms with van der Waals surface area (Å²) in [6, 6.07) is 7.93. The third kappa shape index (κ3) is 3.35. The zero-order valence-electron chi connectivity index (χ0n) is 13.1. The number of nitrogens with one attached hydrogen (secondary N) is 1. The lowest BCUT2D eigenvalue weighted by atomic mass is 9.94. The third-order valence-electron chi connectivity index (χ3n) is 4.71. The quantitative estimate of drug-likeness (QED) is 0.908. The number of benzene rings is 1. The molecule has 2 aliphatic heterocycles. The molecule has 0 radical (unpaired) electrons. The molecule has 2 aliphatic rings. The zero-order valence-corrected chi connectivity index (χ0v) is 13.1. The molecule has 1 amide bonds.